The van der Waals surface area contributed by atoms with E-state index in [1.54, 1.807) is 11.8 Å². The van der Waals surface area contributed by atoms with Crippen LogP contribution in [0.2, 0.25) is 0 Å². The van der Waals surface area contributed by atoms with Gasteiger partial charge in [-0.3, -0.25) is 4.79 Å². The van der Waals surface area contributed by atoms with Crippen LogP contribution in [0.1, 0.15) is 32.3 Å². The first-order valence-electron chi connectivity index (χ1n) is 8.76. The van der Waals surface area contributed by atoms with E-state index in [0.29, 0.717) is 11.9 Å². The Balaban J connectivity index is 2.02. The molecule has 1 amide bonds. The van der Waals surface area contributed by atoms with Crippen molar-refractivity contribution in [2.75, 3.05) is 32.4 Å². The highest BCUT2D eigenvalue weighted by Crippen LogP contribution is 2.21. The van der Waals surface area contributed by atoms with E-state index in [-0.39, 0.29) is 5.25 Å². The van der Waals surface area contributed by atoms with Crippen LogP contribution in [-0.4, -0.2) is 59.4 Å². The molecular formula is C19H30N2OS. The number of amides is 1. The third kappa shape index (κ3) is 5.54. The number of piperidine rings is 1. The lowest BCUT2D eigenvalue weighted by Crippen LogP contribution is -2.49. The van der Waals surface area contributed by atoms with Crippen molar-refractivity contribution in [1.82, 2.24) is 9.80 Å². The molecule has 0 saturated carbocycles. The van der Waals surface area contributed by atoms with Gasteiger partial charge in [0.05, 0.1) is 5.25 Å². The average molecular weight is 335 g/mol. The first-order valence-corrected chi connectivity index (χ1v) is 9.81. The van der Waals surface area contributed by atoms with Gasteiger partial charge in [0, 0.05) is 12.6 Å². The van der Waals surface area contributed by atoms with Gasteiger partial charge in [0.2, 0.25) is 5.91 Å². The Kier molecular flexibility index (Phi) is 7.44. The molecule has 23 heavy (non-hydrogen) atoms. The molecule has 3 nitrogen and oxygen atoms in total. The molecule has 1 saturated heterocycles. The molecule has 0 N–H and O–H groups in total. The summed E-state index contributed by atoms with van der Waals surface area (Å²) in [5.74, 6) is 1.31. The minimum Gasteiger partial charge on any atom is -0.338 e. The summed E-state index contributed by atoms with van der Waals surface area (Å²) in [6.45, 7) is 7.20. The zero-order valence-corrected chi connectivity index (χ0v) is 15.5. The van der Waals surface area contributed by atoms with Gasteiger partial charge < -0.3 is 9.80 Å². The second-order valence-corrected chi connectivity index (χ2v) is 8.02. The lowest BCUT2D eigenvalue weighted by Gasteiger charge is -2.38. The van der Waals surface area contributed by atoms with Gasteiger partial charge >= 0.3 is 0 Å². The zero-order chi connectivity index (χ0) is 16.7. The molecule has 0 aromatic heterocycles. The third-order valence-electron chi connectivity index (χ3n) is 4.66. The van der Waals surface area contributed by atoms with Crippen molar-refractivity contribution in [3.05, 3.63) is 35.9 Å². The van der Waals surface area contributed by atoms with Crippen molar-refractivity contribution in [2.45, 2.75) is 44.4 Å². The summed E-state index contributed by atoms with van der Waals surface area (Å²) >= 11 is 1.75. The van der Waals surface area contributed by atoms with E-state index in [1.807, 2.05) is 6.07 Å². The van der Waals surface area contributed by atoms with Crippen molar-refractivity contribution >= 4 is 17.7 Å². The summed E-state index contributed by atoms with van der Waals surface area (Å²) in [4.78, 5) is 17.5. The fourth-order valence-corrected chi connectivity index (χ4v) is 4.01. The summed E-state index contributed by atoms with van der Waals surface area (Å²) in [7, 11) is 2.17. The number of hydrogen-bond acceptors (Lipinski definition) is 3. The van der Waals surface area contributed by atoms with Gasteiger partial charge in [-0.15, -0.1) is 11.8 Å². The highest BCUT2D eigenvalue weighted by atomic mass is 32.2. The van der Waals surface area contributed by atoms with Gasteiger partial charge in [-0.2, -0.15) is 0 Å². The van der Waals surface area contributed by atoms with E-state index >= 15 is 0 Å². The molecule has 128 valence electrons. The average Bonchev–Trinajstić information content (AvgIpc) is 2.57. The maximum atomic E-state index is 12.9. The van der Waals surface area contributed by atoms with E-state index in [9.17, 15) is 4.79 Å². The minimum absolute atomic E-state index is 0.0652. The van der Waals surface area contributed by atoms with E-state index in [4.69, 9.17) is 0 Å². The van der Waals surface area contributed by atoms with Crippen LogP contribution in [0, 0.1) is 0 Å². The van der Waals surface area contributed by atoms with Gasteiger partial charge in [-0.1, -0.05) is 37.3 Å². The van der Waals surface area contributed by atoms with Crippen LogP contribution in [0.15, 0.2) is 30.3 Å². The standard InChI is InChI=1S/C19H30N2OS/c1-4-23-16(2)19(22)21(18-11-13-20(3)14-12-18)15-10-17-8-6-5-7-9-17/h5-9,16,18H,4,10-15H2,1-3H3. The Labute approximate surface area is 145 Å². The molecule has 4 heteroatoms. The first-order chi connectivity index (χ1) is 11.1. The molecule has 1 fully saturated rings. The smallest absolute Gasteiger partial charge is 0.235 e. The van der Waals surface area contributed by atoms with Crippen LogP contribution in [-0.2, 0) is 11.2 Å². The fourth-order valence-electron chi connectivity index (χ4n) is 3.23. The SMILES string of the molecule is CCSC(C)C(=O)N(CCc1ccccc1)C1CCN(C)CC1. The maximum Gasteiger partial charge on any atom is 0.235 e. The van der Waals surface area contributed by atoms with Crippen LogP contribution < -0.4 is 0 Å². The lowest BCUT2D eigenvalue weighted by atomic mass is 10.0. The van der Waals surface area contributed by atoms with Crippen LogP contribution in [0.3, 0.4) is 0 Å². The molecule has 1 aliphatic heterocycles. The Bertz CT molecular complexity index is 472. The quantitative estimate of drug-likeness (QED) is 0.764. The molecule has 1 aromatic carbocycles. The number of likely N-dealkylation sites (tertiary alicyclic amines) is 1. The van der Waals surface area contributed by atoms with Crippen LogP contribution in [0.25, 0.3) is 0 Å². The van der Waals surface area contributed by atoms with E-state index < -0.39 is 0 Å². The molecule has 1 aromatic rings. The highest BCUT2D eigenvalue weighted by molar-refractivity contribution is 8.00. The van der Waals surface area contributed by atoms with E-state index in [1.165, 1.54) is 5.56 Å². The Morgan fingerprint density at radius 1 is 1.30 bits per heavy atom. The maximum absolute atomic E-state index is 12.9. The number of rotatable bonds is 7. The second-order valence-electron chi connectivity index (χ2n) is 6.40. The molecule has 0 aliphatic carbocycles. The third-order valence-corrected chi connectivity index (χ3v) is 5.70. The molecule has 0 radical (unpaired) electrons. The summed E-state index contributed by atoms with van der Waals surface area (Å²) < 4.78 is 0. The van der Waals surface area contributed by atoms with Gasteiger partial charge in [0.25, 0.3) is 0 Å². The van der Waals surface area contributed by atoms with Gasteiger partial charge in [0.15, 0.2) is 0 Å². The van der Waals surface area contributed by atoms with Crippen molar-refractivity contribution in [3.8, 4) is 0 Å². The normalized spacial score (nSPS) is 17.9. The van der Waals surface area contributed by atoms with Crippen LogP contribution >= 0.6 is 11.8 Å². The molecule has 1 heterocycles. The number of hydrogen-bond donors (Lipinski definition) is 0. The Hall–Kier alpha value is -1.00. The predicted molar refractivity (Wildman–Crippen MR) is 100.0 cm³/mol. The molecule has 1 atom stereocenters. The van der Waals surface area contributed by atoms with Crippen molar-refractivity contribution < 1.29 is 4.79 Å². The first kappa shape index (κ1) is 18.3. The summed E-state index contributed by atoms with van der Waals surface area (Å²) in [6, 6.07) is 10.9. The number of carbonyl (C=O) groups excluding carboxylic acids is 1. The fraction of sp³-hybridized carbons (Fsp3) is 0.632. The highest BCUT2D eigenvalue weighted by Gasteiger charge is 2.29. The second kappa shape index (κ2) is 9.33. The number of benzene rings is 1. The van der Waals surface area contributed by atoms with Gasteiger partial charge in [0.1, 0.15) is 0 Å². The molecule has 2 rings (SSSR count). The lowest BCUT2D eigenvalue weighted by molar-refractivity contribution is -0.133. The minimum atomic E-state index is 0.0652. The van der Waals surface area contributed by atoms with Crippen molar-refractivity contribution in [2.24, 2.45) is 0 Å². The zero-order valence-electron chi connectivity index (χ0n) is 14.7. The van der Waals surface area contributed by atoms with E-state index in [2.05, 4.69) is 55.0 Å². The predicted octanol–water partition coefficient (Wildman–Crippen LogP) is 3.29. The topological polar surface area (TPSA) is 23.6 Å². The molecular weight excluding hydrogens is 304 g/mol. The van der Waals surface area contributed by atoms with Crippen LogP contribution in [0.5, 0.6) is 0 Å². The Morgan fingerprint density at radius 3 is 2.57 bits per heavy atom. The van der Waals surface area contributed by atoms with E-state index in [0.717, 1.165) is 44.6 Å². The van der Waals surface area contributed by atoms with Crippen molar-refractivity contribution in [1.29, 1.82) is 0 Å². The molecule has 0 spiro atoms. The number of nitrogens with zero attached hydrogens (tertiary/aromatic N) is 2. The Morgan fingerprint density at radius 2 is 1.96 bits per heavy atom. The number of carbonyl (C=O) groups is 1. The van der Waals surface area contributed by atoms with Crippen molar-refractivity contribution in [3.63, 3.8) is 0 Å². The van der Waals surface area contributed by atoms with Gasteiger partial charge in [-0.25, -0.2) is 0 Å². The summed E-state index contributed by atoms with van der Waals surface area (Å²) in [6.07, 6.45) is 3.14. The van der Waals surface area contributed by atoms with Crippen LogP contribution in [0.4, 0.5) is 0 Å². The number of thioether (sulfide) groups is 1. The monoisotopic (exact) mass is 334 g/mol. The summed E-state index contributed by atoms with van der Waals surface area (Å²) in [5.41, 5.74) is 1.31. The van der Waals surface area contributed by atoms with Gasteiger partial charge in [-0.05, 0) is 57.6 Å². The summed E-state index contributed by atoms with van der Waals surface area (Å²) in [5, 5.41) is 0.0652. The molecule has 1 aliphatic rings. The molecule has 1 unspecified atom stereocenters. The molecule has 0 bridgehead atoms. The largest absolute Gasteiger partial charge is 0.338 e.